The lowest BCUT2D eigenvalue weighted by Gasteiger charge is -1.98. The molecule has 5 nitrogen and oxygen atoms in total. The van der Waals surface area contributed by atoms with E-state index in [-0.39, 0.29) is 12.5 Å². The molecule has 0 saturated heterocycles. The minimum absolute atomic E-state index is 0.121. The van der Waals surface area contributed by atoms with Crippen molar-refractivity contribution in [2.24, 2.45) is 0 Å². The zero-order chi connectivity index (χ0) is 13.7. The molecule has 1 aromatic carbocycles. The van der Waals surface area contributed by atoms with Crippen molar-refractivity contribution in [1.29, 1.82) is 0 Å². The smallest absolute Gasteiger partial charge is 0.397 e. The first-order valence-electron chi connectivity index (χ1n) is 5.98. The van der Waals surface area contributed by atoms with Crippen LogP contribution in [0.1, 0.15) is 24.5 Å². The van der Waals surface area contributed by atoms with Crippen molar-refractivity contribution in [1.82, 2.24) is 10.1 Å². The van der Waals surface area contributed by atoms with Gasteiger partial charge in [0.25, 0.3) is 0 Å². The van der Waals surface area contributed by atoms with Gasteiger partial charge in [0.1, 0.15) is 0 Å². The van der Waals surface area contributed by atoms with E-state index in [0.29, 0.717) is 5.82 Å². The number of aromatic nitrogens is 2. The quantitative estimate of drug-likeness (QED) is 0.618. The van der Waals surface area contributed by atoms with Gasteiger partial charge in [-0.05, 0) is 36.9 Å². The van der Waals surface area contributed by atoms with E-state index in [0.717, 1.165) is 11.3 Å². The molecular formula is C13H14N2O3S. The van der Waals surface area contributed by atoms with Crippen molar-refractivity contribution >= 4 is 17.7 Å². The average Bonchev–Trinajstić information content (AvgIpc) is 2.90. The van der Waals surface area contributed by atoms with E-state index in [1.165, 1.54) is 4.90 Å². The monoisotopic (exact) mass is 278 g/mol. The van der Waals surface area contributed by atoms with Crippen LogP contribution in [0.4, 0.5) is 0 Å². The molecule has 0 radical (unpaired) electrons. The molecule has 2 aromatic rings. The van der Waals surface area contributed by atoms with Gasteiger partial charge in [-0.15, -0.1) is 11.8 Å². The molecule has 0 aliphatic heterocycles. The molecule has 0 unspecified atom stereocenters. The predicted molar refractivity (Wildman–Crippen MR) is 72.1 cm³/mol. The number of thioether (sulfide) groups is 1. The molecule has 19 heavy (non-hydrogen) atoms. The molecule has 0 atom stereocenters. The van der Waals surface area contributed by atoms with Crippen LogP contribution in [0.15, 0.2) is 33.7 Å². The number of hydrogen-bond acceptors (Lipinski definition) is 6. The molecule has 0 amide bonds. The predicted octanol–water partition coefficient (Wildman–Crippen LogP) is 3.03. The van der Waals surface area contributed by atoms with E-state index in [1.54, 1.807) is 18.7 Å². The lowest BCUT2D eigenvalue weighted by Crippen LogP contribution is -2.04. The maximum absolute atomic E-state index is 11.4. The van der Waals surface area contributed by atoms with Crippen molar-refractivity contribution < 1.29 is 14.1 Å². The van der Waals surface area contributed by atoms with E-state index < -0.39 is 5.97 Å². The molecule has 0 spiro atoms. The van der Waals surface area contributed by atoms with E-state index >= 15 is 0 Å². The second-order valence-electron chi connectivity index (χ2n) is 3.60. The Morgan fingerprint density at radius 3 is 2.68 bits per heavy atom. The van der Waals surface area contributed by atoms with Gasteiger partial charge >= 0.3 is 11.9 Å². The summed E-state index contributed by atoms with van der Waals surface area (Å²) in [6.07, 6.45) is 0. The van der Waals surface area contributed by atoms with Crippen LogP contribution in [0, 0.1) is 0 Å². The van der Waals surface area contributed by atoms with Crippen LogP contribution in [0.3, 0.4) is 0 Å². The normalized spacial score (nSPS) is 10.4. The second kappa shape index (κ2) is 6.38. The second-order valence-corrected chi connectivity index (χ2v) is 4.94. The molecule has 1 heterocycles. The first-order valence-corrected chi connectivity index (χ1v) is 6.97. The Hall–Kier alpha value is -1.82. The molecule has 6 heteroatoms. The summed E-state index contributed by atoms with van der Waals surface area (Å²) in [5.41, 5.74) is 0.805. The van der Waals surface area contributed by atoms with Crippen molar-refractivity contribution in [3.05, 3.63) is 30.2 Å². The minimum Gasteiger partial charge on any atom is -0.459 e. The molecule has 0 aliphatic carbocycles. The maximum atomic E-state index is 11.4. The molecule has 1 aromatic heterocycles. The third-order valence-corrected chi connectivity index (χ3v) is 3.19. The molecule has 2 rings (SSSR count). The van der Waals surface area contributed by atoms with Gasteiger partial charge in [0.2, 0.25) is 5.82 Å². The Morgan fingerprint density at radius 1 is 1.32 bits per heavy atom. The van der Waals surface area contributed by atoms with Gasteiger partial charge < -0.3 is 9.26 Å². The highest BCUT2D eigenvalue weighted by atomic mass is 32.2. The van der Waals surface area contributed by atoms with Crippen LogP contribution < -0.4 is 0 Å². The molecule has 0 saturated carbocycles. The van der Waals surface area contributed by atoms with Gasteiger partial charge in [0, 0.05) is 10.5 Å². The standard InChI is InChI=1S/C13H14N2O3S/c1-3-17-13(16)12-14-11(15-18-12)9-5-7-10(8-6-9)19-4-2/h5-8H,3-4H2,1-2H3. The Balaban J connectivity index is 2.15. The largest absolute Gasteiger partial charge is 0.459 e. The summed E-state index contributed by atoms with van der Waals surface area (Å²) in [5, 5.41) is 3.77. The highest BCUT2D eigenvalue weighted by molar-refractivity contribution is 7.99. The van der Waals surface area contributed by atoms with Gasteiger partial charge in [-0.25, -0.2) is 4.79 Å². The topological polar surface area (TPSA) is 65.2 Å². The van der Waals surface area contributed by atoms with E-state index in [4.69, 9.17) is 9.26 Å². The van der Waals surface area contributed by atoms with Gasteiger partial charge in [-0.1, -0.05) is 12.1 Å². The number of carbonyl (C=O) groups is 1. The zero-order valence-electron chi connectivity index (χ0n) is 10.8. The average molecular weight is 278 g/mol. The van der Waals surface area contributed by atoms with Crippen LogP contribution in [0.25, 0.3) is 11.4 Å². The minimum atomic E-state index is -0.598. The van der Waals surface area contributed by atoms with Crippen molar-refractivity contribution in [3.63, 3.8) is 0 Å². The highest BCUT2D eigenvalue weighted by Crippen LogP contribution is 2.22. The molecule has 0 aliphatic rings. The van der Waals surface area contributed by atoms with Crippen LogP contribution in [-0.2, 0) is 4.74 Å². The first kappa shape index (κ1) is 13.6. The van der Waals surface area contributed by atoms with E-state index in [2.05, 4.69) is 17.1 Å². The highest BCUT2D eigenvalue weighted by Gasteiger charge is 2.16. The summed E-state index contributed by atoms with van der Waals surface area (Å²) < 4.78 is 9.66. The molecule has 100 valence electrons. The van der Waals surface area contributed by atoms with Crippen molar-refractivity contribution in [2.45, 2.75) is 18.7 Å². The fourth-order valence-electron chi connectivity index (χ4n) is 1.48. The van der Waals surface area contributed by atoms with Crippen LogP contribution in [0.5, 0.6) is 0 Å². The van der Waals surface area contributed by atoms with Gasteiger partial charge in [-0.3, -0.25) is 0 Å². The van der Waals surface area contributed by atoms with Gasteiger partial charge in [0.05, 0.1) is 6.61 Å². The summed E-state index contributed by atoms with van der Waals surface area (Å²) in [5.74, 6) is 0.688. The summed E-state index contributed by atoms with van der Waals surface area (Å²) >= 11 is 1.76. The first-order chi connectivity index (χ1) is 9.24. The lowest BCUT2D eigenvalue weighted by atomic mass is 10.2. The van der Waals surface area contributed by atoms with Crippen molar-refractivity contribution in [2.75, 3.05) is 12.4 Å². The Kier molecular flexibility index (Phi) is 4.57. The van der Waals surface area contributed by atoms with Crippen molar-refractivity contribution in [3.8, 4) is 11.4 Å². The summed E-state index contributed by atoms with van der Waals surface area (Å²) in [4.78, 5) is 16.6. The fourth-order valence-corrected chi connectivity index (χ4v) is 2.15. The van der Waals surface area contributed by atoms with E-state index in [1.807, 2.05) is 24.3 Å². The van der Waals surface area contributed by atoms with Gasteiger partial charge in [-0.2, -0.15) is 4.98 Å². The number of carbonyl (C=O) groups excluding carboxylic acids is 1. The zero-order valence-corrected chi connectivity index (χ0v) is 11.6. The van der Waals surface area contributed by atoms with Crippen LogP contribution in [0.2, 0.25) is 0 Å². The maximum Gasteiger partial charge on any atom is 0.397 e. The number of ether oxygens (including phenoxy) is 1. The third kappa shape index (κ3) is 3.35. The number of rotatable bonds is 5. The number of benzene rings is 1. The molecule has 0 fully saturated rings. The third-order valence-electron chi connectivity index (χ3n) is 2.30. The SMILES string of the molecule is CCOC(=O)c1nc(-c2ccc(SCC)cc2)no1. The number of hydrogen-bond donors (Lipinski definition) is 0. The summed E-state index contributed by atoms with van der Waals surface area (Å²) in [7, 11) is 0. The number of esters is 1. The fraction of sp³-hybridized carbons (Fsp3) is 0.308. The Labute approximate surface area is 115 Å². The molecule has 0 N–H and O–H groups in total. The number of nitrogens with zero attached hydrogens (tertiary/aromatic N) is 2. The van der Waals surface area contributed by atoms with E-state index in [9.17, 15) is 4.79 Å². The van der Waals surface area contributed by atoms with Crippen LogP contribution >= 0.6 is 11.8 Å². The summed E-state index contributed by atoms with van der Waals surface area (Å²) in [6, 6.07) is 7.78. The lowest BCUT2D eigenvalue weighted by molar-refractivity contribution is 0.0470. The van der Waals surface area contributed by atoms with Gasteiger partial charge in [0.15, 0.2) is 0 Å². The molecular weight excluding hydrogens is 264 g/mol. The Morgan fingerprint density at radius 2 is 2.05 bits per heavy atom. The Bertz CT molecular complexity index is 551. The molecule has 0 bridgehead atoms. The van der Waals surface area contributed by atoms with Crippen LogP contribution in [-0.4, -0.2) is 28.5 Å². The summed E-state index contributed by atoms with van der Waals surface area (Å²) in [6.45, 7) is 4.10.